The maximum absolute atomic E-state index is 13.1. The highest BCUT2D eigenvalue weighted by Crippen LogP contribution is 2.33. The number of rotatable bonds is 4. The molecule has 0 spiro atoms. The summed E-state index contributed by atoms with van der Waals surface area (Å²) in [6, 6.07) is 3.35. The van der Waals surface area contributed by atoms with Gasteiger partial charge in [-0.1, -0.05) is 6.92 Å². The molecular weight excluding hydrogens is 344 g/mol. The van der Waals surface area contributed by atoms with Gasteiger partial charge in [0.05, 0.1) is 23.5 Å². The molecule has 0 saturated carbocycles. The molecule has 1 saturated heterocycles. The number of carbonyl (C=O) groups excluding carboxylic acids is 1. The Morgan fingerprint density at radius 2 is 2.15 bits per heavy atom. The molecule has 1 atom stereocenters. The minimum Gasteiger partial charge on any atom is -0.330 e. The molecule has 0 bridgehead atoms. The van der Waals surface area contributed by atoms with Crippen LogP contribution < -0.4 is 5.56 Å². The lowest BCUT2D eigenvalue weighted by molar-refractivity contribution is 0.0732. The summed E-state index contributed by atoms with van der Waals surface area (Å²) in [5.41, 5.74) is 3.62. The van der Waals surface area contributed by atoms with E-state index in [9.17, 15) is 9.59 Å². The van der Waals surface area contributed by atoms with Crippen molar-refractivity contribution in [2.75, 3.05) is 6.54 Å². The zero-order valence-corrected chi connectivity index (χ0v) is 15.9. The molecule has 3 aromatic rings. The first kappa shape index (κ1) is 17.5. The molecule has 142 valence electrons. The fourth-order valence-electron chi connectivity index (χ4n) is 3.87. The fourth-order valence-corrected chi connectivity index (χ4v) is 3.87. The highest BCUT2D eigenvalue weighted by molar-refractivity contribution is 5.95. The lowest BCUT2D eigenvalue weighted by Gasteiger charge is -2.23. The zero-order chi connectivity index (χ0) is 19.1. The summed E-state index contributed by atoms with van der Waals surface area (Å²) in [6.07, 6.45) is 4.15. The van der Waals surface area contributed by atoms with E-state index in [0.717, 1.165) is 36.5 Å². The van der Waals surface area contributed by atoms with Crippen molar-refractivity contribution in [2.45, 2.75) is 52.6 Å². The van der Waals surface area contributed by atoms with Crippen LogP contribution in [0.2, 0.25) is 0 Å². The zero-order valence-electron chi connectivity index (χ0n) is 15.9. The van der Waals surface area contributed by atoms with Crippen LogP contribution in [0.3, 0.4) is 0 Å². The number of aryl methyl sites for hydroxylation is 2. The second-order valence-electron chi connectivity index (χ2n) is 6.96. The highest BCUT2D eigenvalue weighted by atomic mass is 16.2. The van der Waals surface area contributed by atoms with Crippen LogP contribution in [0.4, 0.5) is 0 Å². The molecule has 4 heterocycles. The minimum atomic E-state index is -0.126. The second-order valence-corrected chi connectivity index (χ2v) is 6.96. The van der Waals surface area contributed by atoms with Crippen LogP contribution in [-0.2, 0) is 13.0 Å². The number of aromatic nitrogens is 5. The van der Waals surface area contributed by atoms with E-state index >= 15 is 0 Å². The topological polar surface area (TPSA) is 88.3 Å². The molecule has 1 aliphatic heterocycles. The quantitative estimate of drug-likeness (QED) is 0.764. The molecule has 0 radical (unpaired) electrons. The lowest BCUT2D eigenvalue weighted by atomic mass is 10.1. The van der Waals surface area contributed by atoms with E-state index in [-0.39, 0.29) is 17.5 Å². The summed E-state index contributed by atoms with van der Waals surface area (Å²) in [4.78, 5) is 31.8. The summed E-state index contributed by atoms with van der Waals surface area (Å²) >= 11 is 0. The van der Waals surface area contributed by atoms with E-state index in [2.05, 4.69) is 15.2 Å². The number of hydrogen-bond donors (Lipinski definition) is 1. The second kappa shape index (κ2) is 6.68. The molecule has 27 heavy (non-hydrogen) atoms. The SMILES string of the molecule is CCc1cc(=O)n2[nH]c([C@@H]3CCCN3C(=O)c3cnn(CC)c3C)cc2n1. The van der Waals surface area contributed by atoms with Crippen molar-refractivity contribution in [1.82, 2.24) is 29.3 Å². The Morgan fingerprint density at radius 3 is 2.85 bits per heavy atom. The predicted octanol–water partition coefficient (Wildman–Crippen LogP) is 2.09. The van der Waals surface area contributed by atoms with Gasteiger partial charge in [0, 0.05) is 36.6 Å². The van der Waals surface area contributed by atoms with E-state index in [1.54, 1.807) is 12.3 Å². The van der Waals surface area contributed by atoms with Gasteiger partial charge in [-0.25, -0.2) is 9.50 Å². The normalized spacial score (nSPS) is 17.1. The molecule has 8 nitrogen and oxygen atoms in total. The van der Waals surface area contributed by atoms with Gasteiger partial charge >= 0.3 is 0 Å². The van der Waals surface area contributed by atoms with Crippen molar-refractivity contribution in [3.8, 4) is 0 Å². The minimum absolute atomic E-state index is 0.0112. The Kier molecular flexibility index (Phi) is 4.33. The van der Waals surface area contributed by atoms with Gasteiger partial charge in [-0.3, -0.25) is 19.4 Å². The van der Waals surface area contributed by atoms with Crippen LogP contribution in [0.25, 0.3) is 5.65 Å². The molecule has 8 heteroatoms. The van der Waals surface area contributed by atoms with Crippen molar-refractivity contribution < 1.29 is 4.79 Å². The Labute approximate surface area is 156 Å². The molecule has 1 amide bonds. The number of H-pyrrole nitrogens is 1. The number of hydrogen-bond acceptors (Lipinski definition) is 4. The largest absolute Gasteiger partial charge is 0.330 e. The Bertz CT molecular complexity index is 1060. The maximum atomic E-state index is 13.1. The van der Waals surface area contributed by atoms with Crippen molar-refractivity contribution in [3.05, 3.63) is 51.3 Å². The third-order valence-corrected chi connectivity index (χ3v) is 5.39. The first-order valence-electron chi connectivity index (χ1n) is 9.48. The summed E-state index contributed by atoms with van der Waals surface area (Å²) in [5.74, 6) is -0.0112. The number of likely N-dealkylation sites (tertiary alicyclic amines) is 1. The van der Waals surface area contributed by atoms with E-state index in [1.165, 1.54) is 4.52 Å². The van der Waals surface area contributed by atoms with Crippen LogP contribution in [0.15, 0.2) is 23.1 Å². The first-order chi connectivity index (χ1) is 13.0. The van der Waals surface area contributed by atoms with Crippen LogP contribution in [0, 0.1) is 6.92 Å². The fraction of sp³-hybridized carbons (Fsp3) is 0.474. The molecule has 3 aromatic heterocycles. The van der Waals surface area contributed by atoms with Crippen molar-refractivity contribution in [2.24, 2.45) is 0 Å². The van der Waals surface area contributed by atoms with Gasteiger partial charge in [0.15, 0.2) is 5.65 Å². The Balaban J connectivity index is 1.70. The standard InChI is InChI=1S/C19H24N6O2/c1-4-13-9-18(26)25-17(21-13)10-15(22-25)16-7-6-8-23(16)19(27)14-11-20-24(5-2)12(14)3/h9-11,16,22H,4-8H2,1-3H3/t16-/m0/s1. The van der Waals surface area contributed by atoms with Gasteiger partial charge in [0.25, 0.3) is 11.5 Å². The van der Waals surface area contributed by atoms with E-state index in [4.69, 9.17) is 0 Å². The average molecular weight is 368 g/mol. The van der Waals surface area contributed by atoms with Crippen LogP contribution in [0.1, 0.15) is 60.2 Å². The average Bonchev–Trinajstić information content (AvgIpc) is 3.38. The van der Waals surface area contributed by atoms with Gasteiger partial charge in [0.2, 0.25) is 0 Å². The third-order valence-electron chi connectivity index (χ3n) is 5.39. The van der Waals surface area contributed by atoms with Crippen molar-refractivity contribution in [3.63, 3.8) is 0 Å². The molecule has 1 fully saturated rings. The molecule has 0 aromatic carbocycles. The Hall–Kier alpha value is -2.90. The summed E-state index contributed by atoms with van der Waals surface area (Å²) in [6.45, 7) is 7.33. The van der Waals surface area contributed by atoms with Gasteiger partial charge < -0.3 is 4.90 Å². The molecule has 1 N–H and O–H groups in total. The van der Waals surface area contributed by atoms with Gasteiger partial charge in [-0.2, -0.15) is 5.10 Å². The van der Waals surface area contributed by atoms with Crippen molar-refractivity contribution in [1.29, 1.82) is 0 Å². The molecule has 4 rings (SSSR count). The maximum Gasteiger partial charge on any atom is 0.272 e. The number of nitrogens with one attached hydrogen (secondary N) is 1. The highest BCUT2D eigenvalue weighted by Gasteiger charge is 2.33. The lowest BCUT2D eigenvalue weighted by Crippen LogP contribution is -2.31. The first-order valence-corrected chi connectivity index (χ1v) is 9.48. The smallest absolute Gasteiger partial charge is 0.272 e. The third kappa shape index (κ3) is 2.85. The van der Waals surface area contributed by atoms with E-state index in [1.807, 2.05) is 36.4 Å². The van der Waals surface area contributed by atoms with Crippen molar-refractivity contribution >= 4 is 11.6 Å². The number of nitrogens with zero attached hydrogens (tertiary/aromatic N) is 5. The number of fused-ring (bicyclic) bond motifs is 1. The monoisotopic (exact) mass is 368 g/mol. The number of aromatic amines is 1. The number of carbonyl (C=O) groups is 1. The van der Waals surface area contributed by atoms with Crippen LogP contribution in [0.5, 0.6) is 0 Å². The molecule has 0 aliphatic carbocycles. The van der Waals surface area contributed by atoms with E-state index in [0.29, 0.717) is 24.2 Å². The van der Waals surface area contributed by atoms with Gasteiger partial charge in [0.1, 0.15) is 0 Å². The van der Waals surface area contributed by atoms with Gasteiger partial charge in [-0.15, -0.1) is 0 Å². The molecule has 0 unspecified atom stereocenters. The van der Waals surface area contributed by atoms with E-state index < -0.39 is 0 Å². The van der Waals surface area contributed by atoms with Crippen LogP contribution >= 0.6 is 0 Å². The summed E-state index contributed by atoms with van der Waals surface area (Å²) in [5, 5.41) is 7.45. The number of amides is 1. The summed E-state index contributed by atoms with van der Waals surface area (Å²) < 4.78 is 3.28. The molecule has 1 aliphatic rings. The Morgan fingerprint density at radius 1 is 1.33 bits per heavy atom. The van der Waals surface area contributed by atoms with Crippen LogP contribution in [-0.4, -0.2) is 41.7 Å². The molecular formula is C19H24N6O2. The summed E-state index contributed by atoms with van der Waals surface area (Å²) in [7, 11) is 0. The predicted molar refractivity (Wildman–Crippen MR) is 101 cm³/mol. The van der Waals surface area contributed by atoms with Gasteiger partial charge in [-0.05, 0) is 33.1 Å².